The topological polar surface area (TPSA) is 52.6 Å². The molecule has 0 heterocycles. The molecular weight excluding hydrogens is 288 g/mol. The zero-order valence-electron chi connectivity index (χ0n) is 14.6. The maximum absolute atomic E-state index is 12.5. The van der Waals surface area contributed by atoms with Crippen LogP contribution in [0.2, 0.25) is 0 Å². The van der Waals surface area contributed by atoms with Gasteiger partial charge in [-0.1, -0.05) is 38.8 Å². The number of nitrogens with zero attached hydrogens (tertiary/aromatic N) is 1. The first kappa shape index (κ1) is 17.8. The van der Waals surface area contributed by atoms with Gasteiger partial charge in [0.1, 0.15) is 5.75 Å². The number of likely N-dealkylation sites (N-methyl/N-ethyl adjacent to an activating group) is 1. The Morgan fingerprint density at radius 3 is 2.52 bits per heavy atom. The molecule has 1 saturated carbocycles. The van der Waals surface area contributed by atoms with E-state index in [9.17, 15) is 9.90 Å². The van der Waals surface area contributed by atoms with E-state index in [0.29, 0.717) is 12.5 Å². The van der Waals surface area contributed by atoms with Crippen LogP contribution < -0.4 is 5.32 Å². The van der Waals surface area contributed by atoms with Crippen LogP contribution in [0.4, 0.5) is 0 Å². The number of carbonyl (C=O) groups excluding carboxylic acids is 1. The van der Waals surface area contributed by atoms with Crippen LogP contribution in [-0.4, -0.2) is 41.1 Å². The predicted octanol–water partition coefficient (Wildman–Crippen LogP) is 3.27. The van der Waals surface area contributed by atoms with E-state index < -0.39 is 0 Å². The molecule has 1 amide bonds. The Bertz CT molecular complexity index is 511. The van der Waals surface area contributed by atoms with Crippen molar-refractivity contribution in [3.63, 3.8) is 0 Å². The number of rotatable bonds is 6. The van der Waals surface area contributed by atoms with E-state index in [1.807, 2.05) is 12.1 Å². The van der Waals surface area contributed by atoms with Crippen LogP contribution in [0.25, 0.3) is 0 Å². The van der Waals surface area contributed by atoms with Gasteiger partial charge in [0.05, 0.1) is 6.54 Å². The van der Waals surface area contributed by atoms with Gasteiger partial charge >= 0.3 is 0 Å². The van der Waals surface area contributed by atoms with E-state index in [1.165, 1.54) is 12.0 Å². The van der Waals surface area contributed by atoms with Gasteiger partial charge in [0, 0.05) is 11.5 Å². The minimum atomic E-state index is -0.209. The summed E-state index contributed by atoms with van der Waals surface area (Å²) >= 11 is 0. The van der Waals surface area contributed by atoms with Crippen LogP contribution in [0.3, 0.4) is 0 Å². The number of nitrogens with one attached hydrogen (secondary N) is 1. The second kappa shape index (κ2) is 7.82. The summed E-state index contributed by atoms with van der Waals surface area (Å²) in [7, 11) is 0. The van der Waals surface area contributed by atoms with Gasteiger partial charge in [-0.3, -0.25) is 9.69 Å². The molecule has 1 aromatic rings. The summed E-state index contributed by atoms with van der Waals surface area (Å²) in [6.07, 6.45) is 4.42. The maximum Gasteiger partial charge on any atom is 0.234 e. The lowest BCUT2D eigenvalue weighted by Crippen LogP contribution is -2.54. The molecule has 1 aromatic carbocycles. The average Bonchev–Trinajstić information content (AvgIpc) is 2.53. The standard InChI is InChI=1S/C19H30N2O2/c1-4-21(5-2)14-18(23)20-19(3)13-7-6-8-17(19)15-9-11-16(22)12-10-15/h9-12,17,22H,4-8,13-14H2,1-3H3,(H,20,23)/t17-,19-/m1/s1. The predicted molar refractivity (Wildman–Crippen MR) is 93.7 cm³/mol. The lowest BCUT2D eigenvalue weighted by Gasteiger charge is -2.43. The first-order chi connectivity index (χ1) is 11.0. The highest BCUT2D eigenvalue weighted by atomic mass is 16.3. The molecule has 1 aliphatic rings. The fraction of sp³-hybridized carbons (Fsp3) is 0.632. The summed E-state index contributed by atoms with van der Waals surface area (Å²) < 4.78 is 0. The van der Waals surface area contributed by atoms with Gasteiger partial charge in [-0.15, -0.1) is 0 Å². The molecule has 0 aliphatic heterocycles. The van der Waals surface area contributed by atoms with E-state index in [4.69, 9.17) is 0 Å². The number of benzene rings is 1. The quantitative estimate of drug-likeness (QED) is 0.846. The Morgan fingerprint density at radius 2 is 1.91 bits per heavy atom. The Labute approximate surface area is 139 Å². The zero-order chi connectivity index (χ0) is 16.9. The van der Waals surface area contributed by atoms with Crippen molar-refractivity contribution in [2.24, 2.45) is 0 Å². The second-order valence-electron chi connectivity index (χ2n) is 6.82. The Balaban J connectivity index is 2.12. The summed E-state index contributed by atoms with van der Waals surface area (Å²) in [6, 6.07) is 7.45. The van der Waals surface area contributed by atoms with Crippen LogP contribution in [0, 0.1) is 0 Å². The van der Waals surface area contributed by atoms with Gasteiger partial charge in [0.25, 0.3) is 0 Å². The van der Waals surface area contributed by atoms with Crippen LogP contribution in [0.1, 0.15) is 57.9 Å². The largest absolute Gasteiger partial charge is 0.508 e. The molecule has 0 aromatic heterocycles. The molecular formula is C19H30N2O2. The molecule has 1 aliphatic carbocycles. The average molecular weight is 318 g/mol. The molecule has 2 rings (SSSR count). The summed E-state index contributed by atoms with van der Waals surface area (Å²) in [6.45, 7) is 8.58. The first-order valence-corrected chi connectivity index (χ1v) is 8.80. The van der Waals surface area contributed by atoms with Crippen molar-refractivity contribution < 1.29 is 9.90 Å². The van der Waals surface area contributed by atoms with Gasteiger partial charge in [-0.05, 0) is 50.6 Å². The number of phenols is 1. The van der Waals surface area contributed by atoms with Crippen molar-refractivity contribution in [1.29, 1.82) is 0 Å². The van der Waals surface area contributed by atoms with Crippen molar-refractivity contribution in [2.45, 2.75) is 57.9 Å². The smallest absolute Gasteiger partial charge is 0.234 e. The molecule has 1 fully saturated rings. The Hall–Kier alpha value is -1.55. The lowest BCUT2D eigenvalue weighted by atomic mass is 9.70. The fourth-order valence-corrected chi connectivity index (χ4v) is 3.73. The highest BCUT2D eigenvalue weighted by Gasteiger charge is 2.38. The number of phenolic OH excluding ortho intramolecular Hbond substituents is 1. The maximum atomic E-state index is 12.5. The molecule has 128 valence electrons. The summed E-state index contributed by atoms with van der Waals surface area (Å²) in [5, 5.41) is 12.8. The molecule has 4 heteroatoms. The summed E-state index contributed by atoms with van der Waals surface area (Å²) in [5.41, 5.74) is 0.993. The molecule has 4 nitrogen and oxygen atoms in total. The highest BCUT2D eigenvalue weighted by molar-refractivity contribution is 5.79. The molecule has 0 bridgehead atoms. The molecule has 23 heavy (non-hydrogen) atoms. The Morgan fingerprint density at radius 1 is 1.26 bits per heavy atom. The van der Waals surface area contributed by atoms with Crippen molar-refractivity contribution in [3.05, 3.63) is 29.8 Å². The van der Waals surface area contributed by atoms with Crippen LogP contribution in [0.5, 0.6) is 5.75 Å². The lowest BCUT2D eigenvalue weighted by molar-refractivity contribution is -0.124. The zero-order valence-corrected chi connectivity index (χ0v) is 14.6. The van der Waals surface area contributed by atoms with Gasteiger partial charge in [0.2, 0.25) is 5.91 Å². The van der Waals surface area contributed by atoms with Crippen molar-refractivity contribution >= 4 is 5.91 Å². The van der Waals surface area contributed by atoms with Crippen LogP contribution in [0.15, 0.2) is 24.3 Å². The van der Waals surface area contributed by atoms with E-state index >= 15 is 0 Å². The summed E-state index contributed by atoms with van der Waals surface area (Å²) in [4.78, 5) is 14.6. The van der Waals surface area contributed by atoms with Crippen molar-refractivity contribution in [2.75, 3.05) is 19.6 Å². The number of hydrogen-bond donors (Lipinski definition) is 2. The van der Waals surface area contributed by atoms with E-state index in [2.05, 4.69) is 31.0 Å². The van der Waals surface area contributed by atoms with Gasteiger partial charge in [0.15, 0.2) is 0 Å². The Kier molecular flexibility index (Phi) is 6.05. The van der Waals surface area contributed by atoms with Gasteiger partial charge < -0.3 is 10.4 Å². The molecule has 0 saturated heterocycles. The van der Waals surface area contributed by atoms with Crippen molar-refractivity contribution in [1.82, 2.24) is 10.2 Å². The molecule has 2 N–H and O–H groups in total. The summed E-state index contributed by atoms with van der Waals surface area (Å²) in [5.74, 6) is 0.705. The van der Waals surface area contributed by atoms with Crippen molar-refractivity contribution in [3.8, 4) is 5.75 Å². The van der Waals surface area contributed by atoms with E-state index in [-0.39, 0.29) is 17.2 Å². The molecule has 0 unspecified atom stereocenters. The van der Waals surface area contributed by atoms with E-state index in [0.717, 1.165) is 32.4 Å². The van der Waals surface area contributed by atoms with Gasteiger partial charge in [-0.25, -0.2) is 0 Å². The van der Waals surface area contributed by atoms with Crippen LogP contribution in [-0.2, 0) is 4.79 Å². The number of amides is 1. The first-order valence-electron chi connectivity index (χ1n) is 8.80. The normalized spacial score (nSPS) is 24.6. The minimum Gasteiger partial charge on any atom is -0.508 e. The van der Waals surface area contributed by atoms with E-state index in [1.54, 1.807) is 12.1 Å². The highest BCUT2D eigenvalue weighted by Crippen LogP contribution is 2.41. The third-order valence-electron chi connectivity index (χ3n) is 5.19. The molecule has 0 radical (unpaired) electrons. The fourth-order valence-electron chi connectivity index (χ4n) is 3.73. The monoisotopic (exact) mass is 318 g/mol. The SMILES string of the molecule is CCN(CC)CC(=O)N[C@]1(C)CCCC[C@@H]1c1ccc(O)cc1. The molecule has 0 spiro atoms. The second-order valence-corrected chi connectivity index (χ2v) is 6.82. The molecule has 2 atom stereocenters. The number of aromatic hydroxyl groups is 1. The third kappa shape index (κ3) is 4.47. The number of hydrogen-bond acceptors (Lipinski definition) is 3. The van der Waals surface area contributed by atoms with Crippen LogP contribution >= 0.6 is 0 Å². The minimum absolute atomic E-state index is 0.113. The third-order valence-corrected chi connectivity index (χ3v) is 5.19. The van der Waals surface area contributed by atoms with Gasteiger partial charge in [-0.2, -0.15) is 0 Å². The number of carbonyl (C=O) groups is 1.